The van der Waals surface area contributed by atoms with Gasteiger partial charge in [0.25, 0.3) is 0 Å². The van der Waals surface area contributed by atoms with Gasteiger partial charge in [0.2, 0.25) is 5.91 Å². The molecule has 1 amide bonds. The Labute approximate surface area is 123 Å². The van der Waals surface area contributed by atoms with Gasteiger partial charge in [0.1, 0.15) is 12.6 Å². The molecule has 3 heterocycles. The molecule has 0 saturated carbocycles. The summed E-state index contributed by atoms with van der Waals surface area (Å²) in [6.07, 6.45) is 8.69. The molecule has 1 aliphatic rings. The fourth-order valence-corrected chi connectivity index (χ4v) is 2.60. The number of hydrogen-bond acceptors (Lipinski definition) is 4. The highest BCUT2D eigenvalue weighted by Crippen LogP contribution is 2.27. The van der Waals surface area contributed by atoms with Crippen molar-refractivity contribution in [3.05, 3.63) is 48.5 Å². The summed E-state index contributed by atoms with van der Waals surface area (Å²) in [5, 5.41) is 7.10. The summed E-state index contributed by atoms with van der Waals surface area (Å²) < 4.78 is 7.46. The molecule has 0 spiro atoms. The van der Waals surface area contributed by atoms with E-state index in [9.17, 15) is 4.79 Å². The van der Waals surface area contributed by atoms with E-state index < -0.39 is 0 Å². The van der Waals surface area contributed by atoms with E-state index in [1.165, 1.54) is 0 Å². The Morgan fingerprint density at radius 1 is 1.38 bits per heavy atom. The van der Waals surface area contributed by atoms with Gasteiger partial charge in [0.05, 0.1) is 6.04 Å². The molecular formula is C15H18N4O2. The maximum atomic E-state index is 12.1. The maximum Gasteiger partial charge on any atom is 0.242 e. The Morgan fingerprint density at radius 3 is 3.00 bits per heavy atom. The number of aromatic nitrogens is 3. The second-order valence-corrected chi connectivity index (χ2v) is 5.09. The van der Waals surface area contributed by atoms with Crippen LogP contribution in [-0.2, 0) is 16.1 Å². The van der Waals surface area contributed by atoms with Gasteiger partial charge in [0, 0.05) is 31.4 Å². The number of hydrogen-bond donors (Lipinski definition) is 1. The summed E-state index contributed by atoms with van der Waals surface area (Å²) >= 11 is 0. The van der Waals surface area contributed by atoms with Crippen LogP contribution in [0, 0.1) is 0 Å². The van der Waals surface area contributed by atoms with Crippen molar-refractivity contribution < 1.29 is 9.53 Å². The molecule has 21 heavy (non-hydrogen) atoms. The molecule has 110 valence electrons. The highest BCUT2D eigenvalue weighted by atomic mass is 16.5. The van der Waals surface area contributed by atoms with Gasteiger partial charge in [-0.05, 0) is 36.6 Å². The molecule has 6 nitrogen and oxygen atoms in total. The van der Waals surface area contributed by atoms with E-state index in [0.29, 0.717) is 0 Å². The molecule has 2 atom stereocenters. The highest BCUT2D eigenvalue weighted by molar-refractivity contribution is 5.76. The van der Waals surface area contributed by atoms with Crippen molar-refractivity contribution >= 4 is 5.91 Å². The monoisotopic (exact) mass is 286 g/mol. The highest BCUT2D eigenvalue weighted by Gasteiger charge is 2.28. The number of carbonyl (C=O) groups is 1. The minimum atomic E-state index is -0.108. The second-order valence-electron chi connectivity index (χ2n) is 5.09. The zero-order valence-electron chi connectivity index (χ0n) is 11.7. The quantitative estimate of drug-likeness (QED) is 0.920. The van der Waals surface area contributed by atoms with E-state index in [4.69, 9.17) is 4.74 Å². The summed E-state index contributed by atoms with van der Waals surface area (Å²) in [6.45, 7) is 0.949. The molecule has 0 bridgehead atoms. The molecule has 0 radical (unpaired) electrons. The molecule has 3 rings (SSSR count). The molecule has 1 saturated heterocycles. The Morgan fingerprint density at radius 2 is 2.24 bits per heavy atom. The third-order valence-electron chi connectivity index (χ3n) is 3.57. The molecule has 6 heteroatoms. The Kier molecular flexibility index (Phi) is 4.25. The minimum Gasteiger partial charge on any atom is -0.371 e. The van der Waals surface area contributed by atoms with E-state index in [1.807, 2.05) is 12.1 Å². The van der Waals surface area contributed by atoms with Crippen molar-refractivity contribution in [1.29, 1.82) is 0 Å². The first-order chi connectivity index (χ1) is 10.3. The van der Waals surface area contributed by atoms with Crippen molar-refractivity contribution in [1.82, 2.24) is 20.1 Å². The second kappa shape index (κ2) is 6.49. The van der Waals surface area contributed by atoms with Crippen molar-refractivity contribution in [2.45, 2.75) is 31.5 Å². The lowest BCUT2D eigenvalue weighted by Crippen LogP contribution is -2.44. The van der Waals surface area contributed by atoms with Gasteiger partial charge in [-0.1, -0.05) is 0 Å². The van der Waals surface area contributed by atoms with Crippen LogP contribution in [0.15, 0.2) is 43.0 Å². The standard InChI is InChI=1S/C15H18N4O2/c20-14(11-19-9-2-6-17-19)18-13-3-1-10-21-15(13)12-4-7-16-8-5-12/h2,4-9,13,15H,1,3,10-11H2,(H,18,20)/t13-,15+/m0/s1. The lowest BCUT2D eigenvalue weighted by atomic mass is 9.96. The van der Waals surface area contributed by atoms with Crippen LogP contribution in [0.25, 0.3) is 0 Å². The van der Waals surface area contributed by atoms with Crippen LogP contribution in [0.3, 0.4) is 0 Å². The predicted octanol–water partition coefficient (Wildman–Crippen LogP) is 1.31. The SMILES string of the molecule is O=C(Cn1cccn1)N[C@H]1CCCO[C@@H]1c1ccncc1. The third kappa shape index (κ3) is 3.46. The lowest BCUT2D eigenvalue weighted by molar-refractivity contribution is -0.125. The zero-order chi connectivity index (χ0) is 14.5. The molecule has 2 aromatic rings. The molecule has 0 aliphatic carbocycles. The number of pyridine rings is 1. The minimum absolute atomic E-state index is 0.00999. The smallest absolute Gasteiger partial charge is 0.242 e. The number of ether oxygens (including phenoxy) is 1. The van der Waals surface area contributed by atoms with Crippen molar-refractivity contribution in [2.75, 3.05) is 6.61 Å². The number of carbonyl (C=O) groups excluding carboxylic acids is 1. The van der Waals surface area contributed by atoms with E-state index in [-0.39, 0.29) is 24.6 Å². The van der Waals surface area contributed by atoms with Gasteiger partial charge in [-0.15, -0.1) is 0 Å². The van der Waals surface area contributed by atoms with Crippen LogP contribution in [0.2, 0.25) is 0 Å². The van der Waals surface area contributed by atoms with Gasteiger partial charge in [-0.2, -0.15) is 5.10 Å². The lowest BCUT2D eigenvalue weighted by Gasteiger charge is -2.32. The average molecular weight is 286 g/mol. The summed E-state index contributed by atoms with van der Waals surface area (Å²) in [7, 11) is 0. The number of nitrogens with one attached hydrogen (secondary N) is 1. The van der Waals surface area contributed by atoms with Crippen LogP contribution < -0.4 is 5.32 Å². The largest absolute Gasteiger partial charge is 0.371 e. The first-order valence-electron chi connectivity index (χ1n) is 7.11. The van der Waals surface area contributed by atoms with E-state index in [1.54, 1.807) is 35.5 Å². The summed E-state index contributed by atoms with van der Waals surface area (Å²) in [4.78, 5) is 16.1. The average Bonchev–Trinajstić information content (AvgIpc) is 3.01. The van der Waals surface area contributed by atoms with Crippen LogP contribution in [0.5, 0.6) is 0 Å². The number of rotatable bonds is 4. The molecule has 2 aromatic heterocycles. The first-order valence-corrected chi connectivity index (χ1v) is 7.11. The molecule has 0 aromatic carbocycles. The van der Waals surface area contributed by atoms with Gasteiger partial charge in [0.15, 0.2) is 0 Å². The van der Waals surface area contributed by atoms with E-state index >= 15 is 0 Å². The van der Waals surface area contributed by atoms with Gasteiger partial charge in [-0.3, -0.25) is 14.5 Å². The summed E-state index contributed by atoms with van der Waals surface area (Å²) in [6, 6.07) is 5.66. The number of amides is 1. The van der Waals surface area contributed by atoms with Crippen molar-refractivity contribution in [3.63, 3.8) is 0 Å². The summed E-state index contributed by atoms with van der Waals surface area (Å²) in [5.41, 5.74) is 1.05. The van der Waals surface area contributed by atoms with Gasteiger partial charge in [-0.25, -0.2) is 0 Å². The van der Waals surface area contributed by atoms with E-state index in [2.05, 4.69) is 15.4 Å². The first kappa shape index (κ1) is 13.8. The van der Waals surface area contributed by atoms with Crippen molar-refractivity contribution in [2.24, 2.45) is 0 Å². The van der Waals surface area contributed by atoms with Crippen LogP contribution in [-0.4, -0.2) is 33.3 Å². The topological polar surface area (TPSA) is 69.0 Å². The molecule has 0 unspecified atom stereocenters. The molecular weight excluding hydrogens is 268 g/mol. The predicted molar refractivity (Wildman–Crippen MR) is 76.3 cm³/mol. The molecule has 1 N–H and O–H groups in total. The van der Waals surface area contributed by atoms with Crippen LogP contribution in [0.4, 0.5) is 0 Å². The Bertz CT molecular complexity index is 571. The van der Waals surface area contributed by atoms with Crippen LogP contribution in [0.1, 0.15) is 24.5 Å². The fraction of sp³-hybridized carbons (Fsp3) is 0.400. The Balaban J connectivity index is 1.66. The molecule has 1 fully saturated rings. The van der Waals surface area contributed by atoms with Gasteiger partial charge < -0.3 is 10.1 Å². The number of nitrogens with zero attached hydrogens (tertiary/aromatic N) is 3. The third-order valence-corrected chi connectivity index (χ3v) is 3.57. The van der Waals surface area contributed by atoms with Gasteiger partial charge >= 0.3 is 0 Å². The van der Waals surface area contributed by atoms with E-state index in [0.717, 1.165) is 25.0 Å². The normalized spacial score (nSPS) is 21.9. The Hall–Kier alpha value is -2.21. The van der Waals surface area contributed by atoms with Crippen molar-refractivity contribution in [3.8, 4) is 0 Å². The maximum absolute atomic E-state index is 12.1. The van der Waals surface area contributed by atoms with Crippen LogP contribution >= 0.6 is 0 Å². The zero-order valence-corrected chi connectivity index (χ0v) is 11.7. The fourth-order valence-electron chi connectivity index (χ4n) is 2.60. The molecule has 1 aliphatic heterocycles. The summed E-state index contributed by atoms with van der Waals surface area (Å²) in [5.74, 6) is -0.0479.